The van der Waals surface area contributed by atoms with E-state index in [1.807, 2.05) is 48.5 Å². The second kappa shape index (κ2) is 9.92. The minimum Gasteiger partial charge on any atom is -0.497 e. The summed E-state index contributed by atoms with van der Waals surface area (Å²) < 4.78 is 10.4. The number of imide groups is 1. The number of hydrogen-bond acceptors (Lipinski definition) is 5. The minimum atomic E-state index is -0.721. The normalized spacial score (nSPS) is 18.3. The molecule has 1 aromatic heterocycles. The molecule has 9 nitrogen and oxygen atoms in total. The lowest BCUT2D eigenvalue weighted by molar-refractivity contribution is -0.120. The summed E-state index contributed by atoms with van der Waals surface area (Å²) in [5.74, 6) is -0.0375. The van der Waals surface area contributed by atoms with E-state index in [-0.39, 0.29) is 23.1 Å². The largest absolute Gasteiger partial charge is 0.497 e. The third-order valence-electron chi connectivity index (χ3n) is 7.46. The fourth-order valence-corrected chi connectivity index (χ4v) is 5.65. The highest BCUT2D eigenvalue weighted by Crippen LogP contribution is 2.45. The van der Waals surface area contributed by atoms with Crippen molar-refractivity contribution in [3.8, 4) is 5.75 Å². The van der Waals surface area contributed by atoms with E-state index < -0.39 is 18.1 Å². The summed E-state index contributed by atoms with van der Waals surface area (Å²) in [7, 11) is 3.15. The molecular weight excluding hydrogens is 496 g/mol. The van der Waals surface area contributed by atoms with E-state index in [1.165, 1.54) is 0 Å². The van der Waals surface area contributed by atoms with Crippen LogP contribution in [-0.2, 0) is 16.0 Å². The molecule has 2 N–H and O–H groups in total. The van der Waals surface area contributed by atoms with Crippen molar-refractivity contribution in [2.24, 2.45) is 0 Å². The molecule has 0 saturated carbocycles. The fourth-order valence-electron chi connectivity index (χ4n) is 5.65. The third-order valence-corrected chi connectivity index (χ3v) is 7.46. The van der Waals surface area contributed by atoms with Crippen LogP contribution in [0.2, 0.25) is 0 Å². The summed E-state index contributed by atoms with van der Waals surface area (Å²) in [5.41, 5.74) is 4.21. The first-order valence-electron chi connectivity index (χ1n) is 12.8. The number of H-pyrrole nitrogens is 1. The second-order valence-corrected chi connectivity index (χ2v) is 9.59. The summed E-state index contributed by atoms with van der Waals surface area (Å²) in [5, 5.41) is 3.82. The molecular formula is C30H28N4O5. The average molecular weight is 525 g/mol. The number of carbonyl (C=O) groups excluding carboxylic acids is 3. The van der Waals surface area contributed by atoms with Crippen LogP contribution >= 0.6 is 0 Å². The van der Waals surface area contributed by atoms with E-state index in [2.05, 4.69) is 10.3 Å². The molecule has 2 aliphatic heterocycles. The highest BCUT2D eigenvalue weighted by molar-refractivity contribution is 6.24. The lowest BCUT2D eigenvalue weighted by Crippen LogP contribution is -2.44. The first kappa shape index (κ1) is 24.7. The van der Waals surface area contributed by atoms with Gasteiger partial charge in [0, 0.05) is 36.7 Å². The number of benzene rings is 3. The Labute approximate surface area is 225 Å². The zero-order valence-corrected chi connectivity index (χ0v) is 21.6. The van der Waals surface area contributed by atoms with Gasteiger partial charge in [-0.1, -0.05) is 42.5 Å². The maximum absolute atomic E-state index is 14.2. The van der Waals surface area contributed by atoms with Crippen molar-refractivity contribution in [3.63, 3.8) is 0 Å². The summed E-state index contributed by atoms with van der Waals surface area (Å²) in [4.78, 5) is 47.5. The van der Waals surface area contributed by atoms with Gasteiger partial charge in [0.25, 0.3) is 11.8 Å². The molecule has 6 rings (SSSR count). The van der Waals surface area contributed by atoms with Crippen LogP contribution in [0.4, 0.5) is 10.5 Å². The Balaban J connectivity index is 1.45. The molecule has 3 heterocycles. The standard InChI is InChI=1S/C30H28N4O5/c1-38-16-15-31-28(35)21-8-4-6-10-24(21)34-29(36)25-17-22-20-7-3-5-9-23(20)32-26(22)27(33(25)30(34)37)18-11-13-19(39-2)14-12-18/h3-14,25,27,32H,15-17H2,1-2H3,(H,31,35)/t25-,27?/m0/s1. The van der Waals surface area contributed by atoms with Gasteiger partial charge in [-0.05, 0) is 41.5 Å². The number of carbonyl (C=O) groups is 3. The van der Waals surface area contributed by atoms with Crippen LogP contribution in [0.1, 0.15) is 33.2 Å². The number of ether oxygens (including phenoxy) is 2. The van der Waals surface area contributed by atoms with Crippen LogP contribution in [0.25, 0.3) is 10.9 Å². The minimum absolute atomic E-state index is 0.250. The second-order valence-electron chi connectivity index (χ2n) is 9.59. The van der Waals surface area contributed by atoms with Gasteiger partial charge in [-0.2, -0.15) is 0 Å². The Morgan fingerprint density at radius 2 is 1.74 bits per heavy atom. The number of rotatable bonds is 7. The molecule has 1 saturated heterocycles. The molecule has 2 atom stereocenters. The first-order valence-corrected chi connectivity index (χ1v) is 12.8. The summed E-state index contributed by atoms with van der Waals surface area (Å²) in [6.45, 7) is 0.655. The molecule has 4 amide bonds. The van der Waals surface area contributed by atoms with Crippen molar-refractivity contribution < 1.29 is 23.9 Å². The Hall–Kier alpha value is -4.63. The van der Waals surface area contributed by atoms with Crippen LogP contribution in [0.5, 0.6) is 5.75 Å². The number of aromatic nitrogens is 1. The van der Waals surface area contributed by atoms with E-state index in [9.17, 15) is 14.4 Å². The number of urea groups is 1. The van der Waals surface area contributed by atoms with Crippen molar-refractivity contribution in [2.75, 3.05) is 32.3 Å². The van der Waals surface area contributed by atoms with Crippen LogP contribution in [0.15, 0.2) is 72.8 Å². The summed E-state index contributed by atoms with van der Waals surface area (Å²) in [6, 6.07) is 20.5. The molecule has 198 valence electrons. The van der Waals surface area contributed by atoms with Crippen molar-refractivity contribution >= 4 is 34.4 Å². The van der Waals surface area contributed by atoms with Crippen molar-refractivity contribution in [2.45, 2.75) is 18.5 Å². The van der Waals surface area contributed by atoms with Gasteiger partial charge in [0.15, 0.2) is 0 Å². The molecule has 1 fully saturated rings. The van der Waals surface area contributed by atoms with Crippen LogP contribution in [0.3, 0.4) is 0 Å². The molecule has 39 heavy (non-hydrogen) atoms. The maximum atomic E-state index is 14.2. The van der Waals surface area contributed by atoms with Gasteiger partial charge in [-0.15, -0.1) is 0 Å². The lowest BCUT2D eigenvalue weighted by Gasteiger charge is -2.36. The van der Waals surface area contributed by atoms with Crippen LogP contribution < -0.4 is 15.0 Å². The number of nitrogens with one attached hydrogen (secondary N) is 2. The number of hydrogen-bond donors (Lipinski definition) is 2. The molecule has 3 aromatic carbocycles. The molecule has 1 unspecified atom stereocenters. The Kier molecular flexibility index (Phi) is 6.28. The quantitative estimate of drug-likeness (QED) is 0.281. The Morgan fingerprint density at radius 1 is 1.00 bits per heavy atom. The topological polar surface area (TPSA) is 104 Å². The monoisotopic (exact) mass is 524 g/mol. The molecule has 0 bridgehead atoms. The number of fused-ring (bicyclic) bond motifs is 4. The van der Waals surface area contributed by atoms with E-state index >= 15 is 0 Å². The van der Waals surface area contributed by atoms with Gasteiger partial charge < -0.3 is 19.8 Å². The van der Waals surface area contributed by atoms with Crippen molar-refractivity contribution in [3.05, 3.63) is 95.2 Å². The number of nitrogens with zero attached hydrogens (tertiary/aromatic N) is 2. The van der Waals surface area contributed by atoms with Gasteiger partial charge in [-0.25, -0.2) is 9.69 Å². The molecule has 2 aliphatic rings. The van der Waals surface area contributed by atoms with Gasteiger partial charge >= 0.3 is 6.03 Å². The maximum Gasteiger partial charge on any atom is 0.332 e. The van der Waals surface area contributed by atoms with Crippen molar-refractivity contribution in [1.29, 1.82) is 0 Å². The highest BCUT2D eigenvalue weighted by atomic mass is 16.5. The zero-order valence-electron chi connectivity index (χ0n) is 21.6. The number of anilines is 1. The molecule has 0 aliphatic carbocycles. The Morgan fingerprint density at radius 3 is 2.51 bits per heavy atom. The Bertz CT molecular complexity index is 1580. The van der Waals surface area contributed by atoms with E-state index in [4.69, 9.17) is 9.47 Å². The zero-order chi connectivity index (χ0) is 27.1. The van der Waals surface area contributed by atoms with E-state index in [1.54, 1.807) is 43.4 Å². The molecule has 0 radical (unpaired) electrons. The lowest BCUT2D eigenvalue weighted by atomic mass is 9.89. The summed E-state index contributed by atoms with van der Waals surface area (Å²) >= 11 is 0. The third kappa shape index (κ3) is 4.02. The molecule has 4 aromatic rings. The predicted octanol–water partition coefficient (Wildman–Crippen LogP) is 4.04. The smallest absolute Gasteiger partial charge is 0.332 e. The van der Waals surface area contributed by atoms with Crippen LogP contribution in [-0.4, -0.2) is 61.1 Å². The number of amides is 4. The number of aromatic amines is 1. The predicted molar refractivity (Wildman–Crippen MR) is 146 cm³/mol. The van der Waals surface area contributed by atoms with Crippen LogP contribution in [0, 0.1) is 0 Å². The van der Waals surface area contributed by atoms with E-state index in [0.717, 1.165) is 32.6 Å². The summed E-state index contributed by atoms with van der Waals surface area (Å²) in [6.07, 6.45) is 0.370. The van der Waals surface area contributed by atoms with E-state index in [0.29, 0.717) is 25.3 Å². The highest BCUT2D eigenvalue weighted by Gasteiger charge is 2.53. The van der Waals surface area contributed by atoms with Gasteiger partial charge in [0.2, 0.25) is 0 Å². The van der Waals surface area contributed by atoms with Gasteiger partial charge in [0.05, 0.1) is 25.0 Å². The van der Waals surface area contributed by atoms with Crippen molar-refractivity contribution in [1.82, 2.24) is 15.2 Å². The first-order chi connectivity index (χ1) is 19.0. The fraction of sp³-hybridized carbons (Fsp3) is 0.233. The molecule has 0 spiro atoms. The average Bonchev–Trinajstić information content (AvgIpc) is 3.46. The SMILES string of the molecule is COCCNC(=O)c1ccccc1N1C(=O)[C@@H]2Cc3c([nH]c4ccccc34)C(c3ccc(OC)cc3)N2C1=O. The number of para-hydroxylation sites is 2. The van der Waals surface area contributed by atoms with Gasteiger partial charge in [0.1, 0.15) is 17.8 Å². The molecule has 9 heteroatoms. The van der Waals surface area contributed by atoms with Gasteiger partial charge in [-0.3, -0.25) is 14.5 Å². The number of methoxy groups -OCH3 is 2.